The third kappa shape index (κ3) is 2.30. The molecule has 1 atom stereocenters. The third-order valence-electron chi connectivity index (χ3n) is 3.06. The molecule has 0 saturated carbocycles. The third-order valence-corrected chi connectivity index (χ3v) is 3.70. The summed E-state index contributed by atoms with van der Waals surface area (Å²) in [5.74, 6) is 1.57. The minimum atomic E-state index is 0.322. The summed E-state index contributed by atoms with van der Waals surface area (Å²) in [6, 6.07) is 3.78. The molecule has 0 aliphatic carbocycles. The van der Waals surface area contributed by atoms with E-state index in [-0.39, 0.29) is 0 Å². The highest BCUT2D eigenvalue weighted by atomic mass is 79.9. The summed E-state index contributed by atoms with van der Waals surface area (Å²) >= 11 is 3.44. The van der Waals surface area contributed by atoms with Gasteiger partial charge in [0.15, 0.2) is 0 Å². The van der Waals surface area contributed by atoms with Gasteiger partial charge in [-0.05, 0) is 47.4 Å². The fraction of sp³-hybridized carbons (Fsp3) is 0.417. The van der Waals surface area contributed by atoms with E-state index in [1.54, 1.807) is 6.20 Å². The van der Waals surface area contributed by atoms with Crippen LogP contribution in [0.25, 0.3) is 11.5 Å². The maximum absolute atomic E-state index is 5.35. The van der Waals surface area contributed by atoms with Gasteiger partial charge in [-0.3, -0.25) is 4.98 Å². The highest BCUT2D eigenvalue weighted by Gasteiger charge is 2.22. The summed E-state index contributed by atoms with van der Waals surface area (Å²) in [7, 11) is 0. The highest BCUT2D eigenvalue weighted by molar-refractivity contribution is 9.10. The largest absolute Gasteiger partial charge is 0.339 e. The van der Waals surface area contributed by atoms with Crippen LogP contribution in [0.4, 0.5) is 0 Å². The zero-order valence-corrected chi connectivity index (χ0v) is 11.4. The Morgan fingerprint density at radius 1 is 1.44 bits per heavy atom. The van der Waals surface area contributed by atoms with E-state index in [9.17, 15) is 0 Å². The van der Waals surface area contributed by atoms with Crippen LogP contribution in [0.15, 0.2) is 27.3 Å². The van der Waals surface area contributed by atoms with Gasteiger partial charge in [0, 0.05) is 17.2 Å². The van der Waals surface area contributed by atoms with Crippen molar-refractivity contribution in [3.8, 4) is 11.5 Å². The zero-order chi connectivity index (χ0) is 12.4. The summed E-state index contributed by atoms with van der Waals surface area (Å²) in [4.78, 5) is 8.71. The number of pyridine rings is 1. The molecule has 1 fully saturated rings. The lowest BCUT2D eigenvalue weighted by atomic mass is 10.00. The molecule has 1 aliphatic heterocycles. The molecule has 0 radical (unpaired) electrons. The number of aromatic nitrogens is 3. The number of piperidine rings is 1. The lowest BCUT2D eigenvalue weighted by molar-refractivity contribution is 0.322. The van der Waals surface area contributed by atoms with Crippen molar-refractivity contribution in [1.82, 2.24) is 20.4 Å². The molecule has 0 unspecified atom stereocenters. The van der Waals surface area contributed by atoms with Crippen molar-refractivity contribution in [1.29, 1.82) is 0 Å². The SMILES string of the molecule is Brc1cccnc1-c1noc([C@@H]2CCCNC2)n1. The zero-order valence-electron chi connectivity index (χ0n) is 9.77. The minimum absolute atomic E-state index is 0.322. The second-order valence-corrected chi connectivity index (χ2v) is 5.19. The van der Waals surface area contributed by atoms with Gasteiger partial charge in [0.1, 0.15) is 5.69 Å². The molecule has 1 N–H and O–H groups in total. The quantitative estimate of drug-likeness (QED) is 0.922. The molecule has 3 rings (SSSR count). The van der Waals surface area contributed by atoms with Crippen molar-refractivity contribution >= 4 is 15.9 Å². The van der Waals surface area contributed by atoms with E-state index in [1.165, 1.54) is 0 Å². The van der Waals surface area contributed by atoms with Crippen LogP contribution in [0, 0.1) is 0 Å². The Labute approximate surface area is 113 Å². The second-order valence-electron chi connectivity index (χ2n) is 4.33. The maximum Gasteiger partial charge on any atom is 0.231 e. The van der Waals surface area contributed by atoms with Gasteiger partial charge in [-0.2, -0.15) is 4.98 Å². The van der Waals surface area contributed by atoms with Crippen LogP contribution in [-0.2, 0) is 0 Å². The lowest BCUT2D eigenvalue weighted by Gasteiger charge is -2.18. The van der Waals surface area contributed by atoms with Gasteiger partial charge >= 0.3 is 0 Å². The van der Waals surface area contributed by atoms with Gasteiger partial charge in [-0.25, -0.2) is 0 Å². The van der Waals surface area contributed by atoms with Gasteiger partial charge < -0.3 is 9.84 Å². The Hall–Kier alpha value is -1.27. The Kier molecular flexibility index (Phi) is 3.38. The van der Waals surface area contributed by atoms with Gasteiger partial charge in [0.05, 0.1) is 5.92 Å². The molecule has 0 aromatic carbocycles. The molecule has 94 valence electrons. The first-order valence-electron chi connectivity index (χ1n) is 6.00. The molecular weight excluding hydrogens is 296 g/mol. The van der Waals surface area contributed by atoms with Crippen LogP contribution >= 0.6 is 15.9 Å². The van der Waals surface area contributed by atoms with Gasteiger partial charge in [-0.15, -0.1) is 0 Å². The smallest absolute Gasteiger partial charge is 0.231 e. The first-order valence-corrected chi connectivity index (χ1v) is 6.79. The first kappa shape index (κ1) is 11.8. The number of nitrogens with one attached hydrogen (secondary N) is 1. The molecule has 18 heavy (non-hydrogen) atoms. The first-order chi connectivity index (χ1) is 8.84. The van der Waals surface area contributed by atoms with Crippen molar-refractivity contribution in [2.45, 2.75) is 18.8 Å². The Balaban J connectivity index is 1.87. The van der Waals surface area contributed by atoms with E-state index in [2.05, 4.69) is 36.4 Å². The van der Waals surface area contributed by atoms with Crippen molar-refractivity contribution in [3.05, 3.63) is 28.7 Å². The topological polar surface area (TPSA) is 63.8 Å². The van der Waals surface area contributed by atoms with Crippen molar-refractivity contribution < 1.29 is 4.52 Å². The van der Waals surface area contributed by atoms with E-state index in [0.717, 1.165) is 36.1 Å². The predicted molar refractivity (Wildman–Crippen MR) is 70.1 cm³/mol. The molecule has 1 aliphatic rings. The summed E-state index contributed by atoms with van der Waals surface area (Å²) in [5.41, 5.74) is 0.719. The molecule has 6 heteroatoms. The van der Waals surface area contributed by atoms with Gasteiger partial charge in [0.2, 0.25) is 11.7 Å². The van der Waals surface area contributed by atoms with Crippen LogP contribution in [-0.4, -0.2) is 28.2 Å². The normalized spacial score (nSPS) is 19.9. The molecule has 3 heterocycles. The van der Waals surface area contributed by atoms with Crippen LogP contribution in [0.3, 0.4) is 0 Å². The van der Waals surface area contributed by atoms with Gasteiger partial charge in [-0.1, -0.05) is 5.16 Å². The van der Waals surface area contributed by atoms with E-state index in [1.807, 2.05) is 12.1 Å². The molecule has 2 aromatic rings. The molecule has 2 aromatic heterocycles. The van der Waals surface area contributed by atoms with Gasteiger partial charge in [0.25, 0.3) is 0 Å². The summed E-state index contributed by atoms with van der Waals surface area (Å²) in [6.45, 7) is 1.98. The highest BCUT2D eigenvalue weighted by Crippen LogP contribution is 2.26. The fourth-order valence-electron chi connectivity index (χ4n) is 2.11. The monoisotopic (exact) mass is 308 g/mol. The number of rotatable bonds is 2. The van der Waals surface area contributed by atoms with Crippen LogP contribution in [0.5, 0.6) is 0 Å². The van der Waals surface area contributed by atoms with Crippen LogP contribution in [0.2, 0.25) is 0 Å². The van der Waals surface area contributed by atoms with Crippen molar-refractivity contribution in [3.63, 3.8) is 0 Å². The van der Waals surface area contributed by atoms with Crippen LogP contribution < -0.4 is 5.32 Å². The minimum Gasteiger partial charge on any atom is -0.339 e. The summed E-state index contributed by atoms with van der Waals surface area (Å²) < 4.78 is 6.23. The summed E-state index contributed by atoms with van der Waals surface area (Å²) in [6.07, 6.45) is 3.96. The van der Waals surface area contributed by atoms with Crippen LogP contribution in [0.1, 0.15) is 24.7 Å². The fourth-order valence-corrected chi connectivity index (χ4v) is 2.54. The lowest BCUT2D eigenvalue weighted by Crippen LogP contribution is -2.28. The number of halogens is 1. The number of hydrogen-bond acceptors (Lipinski definition) is 5. The van der Waals surface area contributed by atoms with E-state index >= 15 is 0 Å². The number of hydrogen-bond donors (Lipinski definition) is 1. The number of nitrogens with zero attached hydrogens (tertiary/aromatic N) is 3. The van der Waals surface area contributed by atoms with E-state index in [4.69, 9.17) is 4.52 Å². The van der Waals surface area contributed by atoms with Crippen molar-refractivity contribution in [2.75, 3.05) is 13.1 Å². The summed E-state index contributed by atoms with van der Waals surface area (Å²) in [5, 5.41) is 7.36. The van der Waals surface area contributed by atoms with Crippen molar-refractivity contribution in [2.24, 2.45) is 0 Å². The predicted octanol–water partition coefficient (Wildman–Crippen LogP) is 2.36. The molecular formula is C12H13BrN4O. The second kappa shape index (κ2) is 5.16. The van der Waals surface area contributed by atoms with E-state index in [0.29, 0.717) is 17.6 Å². The molecule has 5 nitrogen and oxygen atoms in total. The Morgan fingerprint density at radius 3 is 3.17 bits per heavy atom. The Bertz CT molecular complexity index is 536. The standard InChI is InChI=1S/C12H13BrN4O/c13-9-4-2-6-15-10(9)11-16-12(18-17-11)8-3-1-5-14-7-8/h2,4,6,8,14H,1,3,5,7H2/t8-/m1/s1. The molecule has 0 bridgehead atoms. The molecule has 0 spiro atoms. The molecule has 0 amide bonds. The van der Waals surface area contributed by atoms with E-state index < -0.39 is 0 Å². The maximum atomic E-state index is 5.35. The average Bonchev–Trinajstić information content (AvgIpc) is 2.90. The average molecular weight is 309 g/mol. The molecule has 1 saturated heterocycles. The Morgan fingerprint density at radius 2 is 2.39 bits per heavy atom.